The lowest BCUT2D eigenvalue weighted by Crippen LogP contribution is -2.25. The Bertz CT molecular complexity index is 72.7. The van der Waals surface area contributed by atoms with Crippen LogP contribution in [-0.4, -0.2) is 18.5 Å². The molecule has 9 heavy (non-hydrogen) atoms. The maximum absolute atomic E-state index is 12.1. The van der Waals surface area contributed by atoms with Crippen molar-refractivity contribution < 1.29 is 13.2 Å². The van der Waals surface area contributed by atoms with E-state index in [4.69, 9.17) is 0 Å². The predicted octanol–water partition coefficient (Wildman–Crippen LogP) is 2.24. The molecule has 3 atom stereocenters. The van der Waals surface area contributed by atoms with Gasteiger partial charge >= 0.3 is 0 Å². The molecule has 0 rings (SSSR count). The molecule has 0 bridgehead atoms. The van der Waals surface area contributed by atoms with Crippen molar-refractivity contribution in [1.82, 2.24) is 0 Å². The summed E-state index contributed by atoms with van der Waals surface area (Å²) < 4.78 is 36.1. The van der Waals surface area contributed by atoms with Gasteiger partial charge in [0, 0.05) is 0 Å². The highest BCUT2D eigenvalue weighted by Gasteiger charge is 2.24. The van der Waals surface area contributed by atoms with E-state index in [-0.39, 0.29) is 6.42 Å². The SMILES string of the molecule is [CH2]CC(F)[C@@H](F)C(C)F. The second-order valence-electron chi connectivity index (χ2n) is 1.93. The second kappa shape index (κ2) is 3.75. The Morgan fingerprint density at radius 3 is 1.89 bits per heavy atom. The van der Waals surface area contributed by atoms with E-state index in [9.17, 15) is 13.2 Å². The van der Waals surface area contributed by atoms with E-state index in [1.54, 1.807) is 0 Å². The first kappa shape index (κ1) is 8.79. The molecule has 1 radical (unpaired) electrons. The van der Waals surface area contributed by atoms with Crippen LogP contribution in [0.15, 0.2) is 0 Å². The normalized spacial score (nSPS) is 21.0. The lowest BCUT2D eigenvalue weighted by atomic mass is 10.1. The molecule has 0 amide bonds. The highest BCUT2D eigenvalue weighted by Crippen LogP contribution is 2.13. The van der Waals surface area contributed by atoms with E-state index in [1.807, 2.05) is 0 Å². The van der Waals surface area contributed by atoms with Gasteiger partial charge in [0.25, 0.3) is 0 Å². The average molecular weight is 139 g/mol. The van der Waals surface area contributed by atoms with Crippen LogP contribution in [0.5, 0.6) is 0 Å². The first-order valence-electron chi connectivity index (χ1n) is 2.81. The lowest BCUT2D eigenvalue weighted by Gasteiger charge is -2.11. The third-order valence-electron chi connectivity index (χ3n) is 1.06. The molecular weight excluding hydrogens is 129 g/mol. The predicted molar refractivity (Wildman–Crippen MR) is 30.3 cm³/mol. The molecular formula is C6H10F3. The number of hydrogen-bond acceptors (Lipinski definition) is 0. The molecule has 0 aliphatic carbocycles. The smallest absolute Gasteiger partial charge is 0.162 e. The first-order chi connectivity index (χ1) is 4.09. The van der Waals surface area contributed by atoms with Gasteiger partial charge in [0.2, 0.25) is 0 Å². The van der Waals surface area contributed by atoms with E-state index in [0.29, 0.717) is 0 Å². The van der Waals surface area contributed by atoms with Crippen LogP contribution in [0.4, 0.5) is 13.2 Å². The van der Waals surface area contributed by atoms with Crippen LogP contribution in [0, 0.1) is 6.92 Å². The highest BCUT2D eigenvalue weighted by molar-refractivity contribution is 4.73. The summed E-state index contributed by atoms with van der Waals surface area (Å²) in [7, 11) is 0. The summed E-state index contributed by atoms with van der Waals surface area (Å²) >= 11 is 0. The van der Waals surface area contributed by atoms with E-state index >= 15 is 0 Å². The zero-order chi connectivity index (χ0) is 7.44. The Kier molecular flexibility index (Phi) is 3.66. The van der Waals surface area contributed by atoms with Crippen LogP contribution >= 0.6 is 0 Å². The quantitative estimate of drug-likeness (QED) is 0.562. The minimum Gasteiger partial charge on any atom is -0.244 e. The number of alkyl halides is 3. The van der Waals surface area contributed by atoms with Gasteiger partial charge in [-0.1, -0.05) is 6.92 Å². The standard InChI is InChI=1S/C6H10F3/c1-3-5(8)6(9)4(2)7/h4-6H,1,3H2,2H3/t4?,5?,6-/m0/s1. The molecule has 0 nitrogen and oxygen atoms in total. The van der Waals surface area contributed by atoms with E-state index in [1.165, 1.54) is 0 Å². The first-order valence-corrected chi connectivity index (χ1v) is 2.81. The van der Waals surface area contributed by atoms with Gasteiger partial charge in [-0.2, -0.15) is 0 Å². The molecule has 0 aliphatic rings. The molecule has 0 saturated carbocycles. The molecule has 0 N–H and O–H groups in total. The van der Waals surface area contributed by atoms with Gasteiger partial charge in [-0.15, -0.1) is 0 Å². The maximum atomic E-state index is 12.1. The van der Waals surface area contributed by atoms with Crippen molar-refractivity contribution in [2.45, 2.75) is 31.9 Å². The summed E-state index contributed by atoms with van der Waals surface area (Å²) in [5.74, 6) is 0. The van der Waals surface area contributed by atoms with Gasteiger partial charge in [0.05, 0.1) is 0 Å². The van der Waals surface area contributed by atoms with Crippen molar-refractivity contribution in [1.29, 1.82) is 0 Å². The third-order valence-corrected chi connectivity index (χ3v) is 1.06. The van der Waals surface area contributed by atoms with Gasteiger partial charge < -0.3 is 0 Å². The highest BCUT2D eigenvalue weighted by atomic mass is 19.2. The molecule has 55 valence electrons. The summed E-state index contributed by atoms with van der Waals surface area (Å²) in [6, 6.07) is 0. The Morgan fingerprint density at radius 1 is 1.33 bits per heavy atom. The van der Waals surface area contributed by atoms with Crippen molar-refractivity contribution in [3.63, 3.8) is 0 Å². The molecule has 0 aromatic heterocycles. The van der Waals surface area contributed by atoms with Crippen molar-refractivity contribution in [2.24, 2.45) is 0 Å². The minimum atomic E-state index is -2.01. The molecule has 0 heterocycles. The summed E-state index contributed by atoms with van der Waals surface area (Å²) in [5.41, 5.74) is 0. The van der Waals surface area contributed by atoms with E-state index in [2.05, 4.69) is 6.92 Å². The second-order valence-corrected chi connectivity index (χ2v) is 1.93. The van der Waals surface area contributed by atoms with Gasteiger partial charge in [-0.05, 0) is 13.3 Å². The fourth-order valence-corrected chi connectivity index (χ4v) is 0.447. The zero-order valence-electron chi connectivity index (χ0n) is 5.28. The fraction of sp³-hybridized carbons (Fsp3) is 0.833. The molecule has 0 spiro atoms. The molecule has 3 heteroatoms. The van der Waals surface area contributed by atoms with Crippen molar-refractivity contribution in [2.75, 3.05) is 0 Å². The minimum absolute atomic E-state index is 0.213. The lowest BCUT2D eigenvalue weighted by molar-refractivity contribution is 0.0927. The fourth-order valence-electron chi connectivity index (χ4n) is 0.447. The van der Waals surface area contributed by atoms with Gasteiger partial charge in [0.1, 0.15) is 12.3 Å². The van der Waals surface area contributed by atoms with E-state index < -0.39 is 18.5 Å². The monoisotopic (exact) mass is 139 g/mol. The van der Waals surface area contributed by atoms with Gasteiger partial charge in [-0.25, -0.2) is 13.2 Å². The molecule has 0 saturated heterocycles. The van der Waals surface area contributed by atoms with Crippen molar-refractivity contribution >= 4 is 0 Å². The van der Waals surface area contributed by atoms with E-state index in [0.717, 1.165) is 6.92 Å². The number of halogens is 3. The summed E-state index contributed by atoms with van der Waals surface area (Å²) in [4.78, 5) is 0. The molecule has 0 aliphatic heterocycles. The Labute approximate surface area is 53.1 Å². The third kappa shape index (κ3) is 2.72. The van der Waals surface area contributed by atoms with Gasteiger partial charge in [-0.3, -0.25) is 0 Å². The topological polar surface area (TPSA) is 0 Å². The Balaban J connectivity index is 3.58. The maximum Gasteiger partial charge on any atom is 0.162 e. The Hall–Kier alpha value is -0.210. The summed E-state index contributed by atoms with van der Waals surface area (Å²) in [6.07, 6.45) is -5.72. The van der Waals surface area contributed by atoms with Crippen LogP contribution in [0.3, 0.4) is 0 Å². The summed E-state index contributed by atoms with van der Waals surface area (Å²) in [5, 5.41) is 0. The van der Waals surface area contributed by atoms with Crippen LogP contribution in [0.1, 0.15) is 13.3 Å². The zero-order valence-corrected chi connectivity index (χ0v) is 5.28. The van der Waals surface area contributed by atoms with Crippen molar-refractivity contribution in [3.8, 4) is 0 Å². The van der Waals surface area contributed by atoms with Crippen LogP contribution in [0.2, 0.25) is 0 Å². The average Bonchev–Trinajstić information content (AvgIpc) is 1.84. The molecule has 0 fully saturated rings. The summed E-state index contributed by atoms with van der Waals surface area (Å²) in [6.45, 7) is 4.10. The molecule has 0 aromatic rings. The number of hydrogen-bond donors (Lipinski definition) is 0. The molecule has 0 aromatic carbocycles. The Morgan fingerprint density at radius 2 is 1.78 bits per heavy atom. The molecule has 2 unspecified atom stereocenters. The van der Waals surface area contributed by atoms with Crippen LogP contribution < -0.4 is 0 Å². The van der Waals surface area contributed by atoms with Crippen LogP contribution in [-0.2, 0) is 0 Å². The number of rotatable bonds is 3. The van der Waals surface area contributed by atoms with Crippen LogP contribution in [0.25, 0.3) is 0 Å². The van der Waals surface area contributed by atoms with Gasteiger partial charge in [0.15, 0.2) is 6.17 Å². The largest absolute Gasteiger partial charge is 0.244 e. The van der Waals surface area contributed by atoms with Crippen molar-refractivity contribution in [3.05, 3.63) is 6.92 Å².